The second kappa shape index (κ2) is 3.16. The highest BCUT2D eigenvalue weighted by Gasteiger charge is 2.25. The van der Waals surface area contributed by atoms with Gasteiger partial charge in [0, 0.05) is 6.20 Å². The lowest BCUT2D eigenvalue weighted by Gasteiger charge is -2.04. The maximum absolute atomic E-state index is 13.2. The summed E-state index contributed by atoms with van der Waals surface area (Å²) in [5.74, 6) is -0.0121. The summed E-state index contributed by atoms with van der Waals surface area (Å²) in [7, 11) is 0. The first-order valence-corrected chi connectivity index (χ1v) is 4.81. The fraction of sp³-hybridized carbons (Fsp3) is 0.375. The normalized spacial score (nSPS) is 16.2. The summed E-state index contributed by atoms with van der Waals surface area (Å²) in [6, 6.07) is 0. The van der Waals surface area contributed by atoms with Crippen LogP contribution in [0.3, 0.4) is 0 Å². The van der Waals surface area contributed by atoms with Gasteiger partial charge in [-0.25, -0.2) is 4.39 Å². The minimum atomic E-state index is -0.294. The van der Waals surface area contributed by atoms with E-state index >= 15 is 0 Å². The van der Waals surface area contributed by atoms with E-state index in [1.807, 2.05) is 22.6 Å². The Morgan fingerprint density at radius 3 is 2.92 bits per heavy atom. The fourth-order valence-electron chi connectivity index (χ4n) is 0.849. The number of halogens is 2. The van der Waals surface area contributed by atoms with Gasteiger partial charge >= 0.3 is 0 Å². The van der Waals surface area contributed by atoms with Crippen LogP contribution in [0.2, 0.25) is 0 Å². The molecule has 0 N–H and O–H groups in total. The van der Waals surface area contributed by atoms with E-state index in [0.29, 0.717) is 3.57 Å². The smallest absolute Gasteiger partial charge is 0.181 e. The molecule has 0 radical (unpaired) electrons. The summed E-state index contributed by atoms with van der Waals surface area (Å²) < 4.78 is 19.0. The van der Waals surface area contributed by atoms with Crippen LogP contribution in [0.1, 0.15) is 12.8 Å². The Hall–Kier alpha value is -0.390. The minimum absolute atomic E-state index is 0.222. The van der Waals surface area contributed by atoms with Crippen molar-refractivity contribution in [2.75, 3.05) is 0 Å². The van der Waals surface area contributed by atoms with Gasteiger partial charge in [-0.15, -0.1) is 0 Å². The summed E-state index contributed by atoms with van der Waals surface area (Å²) >= 11 is 1.90. The van der Waals surface area contributed by atoms with Crippen LogP contribution in [0, 0.1) is 9.39 Å². The SMILES string of the molecule is Fc1c(I)cncc1OC1CC1. The molecule has 0 atom stereocenters. The van der Waals surface area contributed by atoms with Crippen molar-refractivity contribution in [3.8, 4) is 5.75 Å². The molecular weight excluding hydrogens is 272 g/mol. The number of hydrogen-bond donors (Lipinski definition) is 0. The highest BCUT2D eigenvalue weighted by atomic mass is 127. The van der Waals surface area contributed by atoms with E-state index in [1.54, 1.807) is 0 Å². The molecule has 0 saturated heterocycles. The maximum atomic E-state index is 13.2. The first-order chi connectivity index (χ1) is 5.77. The molecule has 12 heavy (non-hydrogen) atoms. The Bertz CT molecular complexity index is 301. The Kier molecular flexibility index (Phi) is 2.16. The quantitative estimate of drug-likeness (QED) is 0.775. The van der Waals surface area contributed by atoms with E-state index in [9.17, 15) is 4.39 Å². The predicted octanol–water partition coefficient (Wildman–Crippen LogP) is 2.37. The van der Waals surface area contributed by atoms with Gasteiger partial charge in [0.1, 0.15) is 0 Å². The van der Waals surface area contributed by atoms with Crippen LogP contribution in [-0.2, 0) is 0 Å². The molecule has 64 valence electrons. The van der Waals surface area contributed by atoms with Crippen LogP contribution in [0.4, 0.5) is 4.39 Å². The Labute approximate surface area is 83.3 Å². The number of ether oxygens (including phenoxy) is 1. The van der Waals surface area contributed by atoms with Crippen LogP contribution in [0.5, 0.6) is 5.75 Å². The summed E-state index contributed by atoms with van der Waals surface area (Å²) in [6.07, 6.45) is 5.20. The third-order valence-electron chi connectivity index (χ3n) is 1.62. The van der Waals surface area contributed by atoms with Crippen molar-refractivity contribution in [1.29, 1.82) is 0 Å². The first kappa shape index (κ1) is 8.22. The molecule has 0 aliphatic heterocycles. The number of nitrogens with zero attached hydrogens (tertiary/aromatic N) is 1. The summed E-state index contributed by atoms with van der Waals surface area (Å²) in [6.45, 7) is 0. The average Bonchev–Trinajstić information content (AvgIpc) is 2.83. The molecule has 2 nitrogen and oxygen atoms in total. The van der Waals surface area contributed by atoms with E-state index in [-0.39, 0.29) is 17.7 Å². The highest BCUT2D eigenvalue weighted by molar-refractivity contribution is 14.1. The van der Waals surface area contributed by atoms with Gasteiger partial charge in [0.2, 0.25) is 0 Å². The highest BCUT2D eigenvalue weighted by Crippen LogP contribution is 2.29. The molecule has 0 aromatic carbocycles. The van der Waals surface area contributed by atoms with Crippen LogP contribution in [-0.4, -0.2) is 11.1 Å². The minimum Gasteiger partial charge on any atom is -0.486 e. The molecule has 2 rings (SSSR count). The lowest BCUT2D eigenvalue weighted by Crippen LogP contribution is -2.00. The molecule has 0 unspecified atom stereocenters. The van der Waals surface area contributed by atoms with Gasteiger partial charge in [0.25, 0.3) is 0 Å². The van der Waals surface area contributed by atoms with Gasteiger partial charge in [-0.05, 0) is 35.4 Å². The van der Waals surface area contributed by atoms with Crippen molar-refractivity contribution < 1.29 is 9.13 Å². The Morgan fingerprint density at radius 2 is 2.25 bits per heavy atom. The van der Waals surface area contributed by atoms with Crippen molar-refractivity contribution in [3.63, 3.8) is 0 Å². The molecule has 1 aromatic rings. The van der Waals surface area contributed by atoms with Crippen LogP contribution < -0.4 is 4.74 Å². The third kappa shape index (κ3) is 1.68. The van der Waals surface area contributed by atoms with Gasteiger partial charge in [0.05, 0.1) is 15.9 Å². The summed E-state index contributed by atoms with van der Waals surface area (Å²) in [5, 5.41) is 0. The zero-order chi connectivity index (χ0) is 8.55. The fourth-order valence-corrected chi connectivity index (χ4v) is 1.28. The predicted molar refractivity (Wildman–Crippen MR) is 50.6 cm³/mol. The second-order valence-electron chi connectivity index (χ2n) is 2.75. The molecule has 4 heteroatoms. The third-order valence-corrected chi connectivity index (χ3v) is 2.38. The van der Waals surface area contributed by atoms with E-state index in [2.05, 4.69) is 4.98 Å². The molecule has 1 aliphatic rings. The number of aromatic nitrogens is 1. The maximum Gasteiger partial charge on any atom is 0.181 e. The molecule has 1 saturated carbocycles. The summed E-state index contributed by atoms with van der Waals surface area (Å²) in [4.78, 5) is 3.85. The van der Waals surface area contributed by atoms with Crippen molar-refractivity contribution in [3.05, 3.63) is 21.8 Å². The van der Waals surface area contributed by atoms with Gasteiger partial charge < -0.3 is 4.74 Å². The van der Waals surface area contributed by atoms with Gasteiger partial charge in [-0.3, -0.25) is 4.98 Å². The monoisotopic (exact) mass is 279 g/mol. The van der Waals surface area contributed by atoms with Crippen LogP contribution in [0.25, 0.3) is 0 Å². The van der Waals surface area contributed by atoms with E-state index in [1.165, 1.54) is 12.4 Å². The lowest BCUT2D eigenvalue weighted by atomic mass is 10.4. The molecule has 0 bridgehead atoms. The van der Waals surface area contributed by atoms with Crippen molar-refractivity contribution >= 4 is 22.6 Å². The zero-order valence-electron chi connectivity index (χ0n) is 6.26. The number of hydrogen-bond acceptors (Lipinski definition) is 2. The van der Waals surface area contributed by atoms with E-state index in [0.717, 1.165) is 12.8 Å². The van der Waals surface area contributed by atoms with E-state index < -0.39 is 0 Å². The average molecular weight is 279 g/mol. The lowest BCUT2D eigenvalue weighted by molar-refractivity contribution is 0.285. The van der Waals surface area contributed by atoms with Gasteiger partial charge in [0.15, 0.2) is 11.6 Å². The van der Waals surface area contributed by atoms with Crippen molar-refractivity contribution in [2.45, 2.75) is 18.9 Å². The molecule has 1 aliphatic carbocycles. The standard InChI is InChI=1S/C8H7FINO/c9-8-6(10)3-11-4-7(8)12-5-1-2-5/h3-5H,1-2H2. The Morgan fingerprint density at radius 1 is 1.50 bits per heavy atom. The van der Waals surface area contributed by atoms with Crippen LogP contribution in [0.15, 0.2) is 12.4 Å². The number of pyridine rings is 1. The molecule has 1 heterocycles. The van der Waals surface area contributed by atoms with Crippen molar-refractivity contribution in [1.82, 2.24) is 4.98 Å². The second-order valence-corrected chi connectivity index (χ2v) is 3.91. The molecule has 1 aromatic heterocycles. The van der Waals surface area contributed by atoms with E-state index in [4.69, 9.17) is 4.74 Å². The molecule has 0 amide bonds. The first-order valence-electron chi connectivity index (χ1n) is 3.73. The topological polar surface area (TPSA) is 22.1 Å². The zero-order valence-corrected chi connectivity index (χ0v) is 8.42. The van der Waals surface area contributed by atoms with Crippen LogP contribution >= 0.6 is 22.6 Å². The molecule has 0 spiro atoms. The van der Waals surface area contributed by atoms with Gasteiger partial charge in [-0.1, -0.05) is 0 Å². The van der Waals surface area contributed by atoms with Crippen molar-refractivity contribution in [2.24, 2.45) is 0 Å². The Balaban J connectivity index is 2.23. The molecular formula is C8H7FINO. The summed E-state index contributed by atoms with van der Waals surface area (Å²) in [5.41, 5.74) is 0. The van der Waals surface area contributed by atoms with Gasteiger partial charge in [-0.2, -0.15) is 0 Å². The largest absolute Gasteiger partial charge is 0.486 e. The molecule has 1 fully saturated rings. The number of rotatable bonds is 2.